The third kappa shape index (κ3) is 5.09. The van der Waals surface area contributed by atoms with E-state index in [9.17, 15) is 16.8 Å². The summed E-state index contributed by atoms with van der Waals surface area (Å²) in [6, 6.07) is 16.8. The molecule has 29 heavy (non-hydrogen) atoms. The molecule has 0 spiro atoms. The molecule has 0 radical (unpaired) electrons. The smallest absolute Gasteiger partial charge is 0.261 e. The van der Waals surface area contributed by atoms with Gasteiger partial charge in [-0.2, -0.15) is 0 Å². The summed E-state index contributed by atoms with van der Waals surface area (Å²) >= 11 is 5.82. The van der Waals surface area contributed by atoms with Crippen LogP contribution in [0.15, 0.2) is 76.5 Å². The van der Waals surface area contributed by atoms with Gasteiger partial charge < -0.3 is 0 Å². The van der Waals surface area contributed by atoms with Crippen molar-refractivity contribution in [1.82, 2.24) is 0 Å². The van der Waals surface area contributed by atoms with Crippen LogP contribution in [-0.2, 0) is 20.0 Å². The van der Waals surface area contributed by atoms with E-state index < -0.39 is 20.0 Å². The number of anilines is 2. The van der Waals surface area contributed by atoms with Crippen LogP contribution in [0.25, 0.3) is 0 Å². The van der Waals surface area contributed by atoms with Gasteiger partial charge in [-0.05, 0) is 67.9 Å². The molecule has 3 rings (SSSR count). The second-order valence-electron chi connectivity index (χ2n) is 6.53. The molecule has 0 aromatic heterocycles. The molecule has 6 nitrogen and oxygen atoms in total. The fourth-order valence-electron chi connectivity index (χ4n) is 2.57. The lowest BCUT2D eigenvalue weighted by atomic mass is 10.2. The molecule has 0 amide bonds. The fraction of sp³-hybridized carbons (Fsp3) is 0.100. The molecule has 0 atom stereocenters. The van der Waals surface area contributed by atoms with Gasteiger partial charge in [0.15, 0.2) is 0 Å². The predicted molar refractivity (Wildman–Crippen MR) is 115 cm³/mol. The van der Waals surface area contributed by atoms with Crippen molar-refractivity contribution in [1.29, 1.82) is 0 Å². The van der Waals surface area contributed by atoms with Crippen molar-refractivity contribution in [3.05, 3.63) is 82.9 Å². The first-order valence-corrected chi connectivity index (χ1v) is 11.9. The van der Waals surface area contributed by atoms with E-state index in [0.29, 0.717) is 5.02 Å². The number of aryl methyl sites for hydroxylation is 2. The largest absolute Gasteiger partial charge is 0.277 e. The van der Waals surface area contributed by atoms with Crippen molar-refractivity contribution in [3.63, 3.8) is 0 Å². The molecule has 0 heterocycles. The summed E-state index contributed by atoms with van der Waals surface area (Å²) in [4.78, 5) is 0.0888. The first-order valence-electron chi connectivity index (χ1n) is 8.55. The Balaban J connectivity index is 1.96. The Hall–Kier alpha value is -2.55. The van der Waals surface area contributed by atoms with E-state index in [1.165, 1.54) is 42.5 Å². The van der Waals surface area contributed by atoms with Gasteiger partial charge in [-0.15, -0.1) is 0 Å². The number of sulfonamides is 2. The van der Waals surface area contributed by atoms with E-state index in [0.717, 1.165) is 11.1 Å². The quantitative estimate of drug-likeness (QED) is 0.575. The van der Waals surface area contributed by atoms with Crippen LogP contribution in [-0.4, -0.2) is 16.8 Å². The van der Waals surface area contributed by atoms with Crippen LogP contribution >= 0.6 is 11.6 Å². The van der Waals surface area contributed by atoms with E-state index in [1.54, 1.807) is 31.2 Å². The lowest BCUT2D eigenvalue weighted by Gasteiger charge is -2.15. The number of hydrogen-bond acceptors (Lipinski definition) is 4. The van der Waals surface area contributed by atoms with Gasteiger partial charge in [-0.3, -0.25) is 9.44 Å². The van der Waals surface area contributed by atoms with Gasteiger partial charge in [0.2, 0.25) is 0 Å². The molecule has 0 saturated carbocycles. The summed E-state index contributed by atoms with van der Waals surface area (Å²) in [5.74, 6) is 0. The van der Waals surface area contributed by atoms with Gasteiger partial charge >= 0.3 is 0 Å². The minimum Gasteiger partial charge on any atom is -0.277 e. The van der Waals surface area contributed by atoms with Gasteiger partial charge in [0.25, 0.3) is 20.0 Å². The van der Waals surface area contributed by atoms with E-state index in [1.807, 2.05) is 6.92 Å². The molecule has 3 aromatic rings. The Morgan fingerprint density at radius 2 is 1.07 bits per heavy atom. The van der Waals surface area contributed by atoms with E-state index in [-0.39, 0.29) is 21.2 Å². The predicted octanol–water partition coefficient (Wildman–Crippen LogP) is 4.56. The third-order valence-electron chi connectivity index (χ3n) is 4.12. The lowest BCUT2D eigenvalue weighted by Crippen LogP contribution is -2.17. The highest BCUT2D eigenvalue weighted by atomic mass is 35.5. The highest BCUT2D eigenvalue weighted by Gasteiger charge is 2.20. The van der Waals surface area contributed by atoms with Crippen molar-refractivity contribution in [2.75, 3.05) is 9.44 Å². The molecular weight excluding hydrogens is 432 g/mol. The topological polar surface area (TPSA) is 92.3 Å². The molecular formula is C20H19ClN2O4S2. The maximum absolute atomic E-state index is 12.7. The maximum atomic E-state index is 12.7. The van der Waals surface area contributed by atoms with E-state index in [4.69, 9.17) is 11.6 Å². The summed E-state index contributed by atoms with van der Waals surface area (Å²) < 4.78 is 55.8. The Morgan fingerprint density at radius 3 is 1.62 bits per heavy atom. The number of hydrogen-bond donors (Lipinski definition) is 2. The van der Waals surface area contributed by atoms with Crippen molar-refractivity contribution in [3.8, 4) is 0 Å². The molecule has 0 aliphatic rings. The molecule has 152 valence electrons. The average molecular weight is 451 g/mol. The molecule has 0 saturated heterocycles. The number of halogens is 1. The van der Waals surface area contributed by atoms with Gasteiger partial charge in [0.05, 0.1) is 21.2 Å². The zero-order valence-electron chi connectivity index (χ0n) is 15.7. The van der Waals surface area contributed by atoms with E-state index in [2.05, 4.69) is 9.44 Å². The summed E-state index contributed by atoms with van der Waals surface area (Å²) in [6.45, 7) is 3.63. The second kappa shape index (κ2) is 8.06. The van der Waals surface area contributed by atoms with Crippen molar-refractivity contribution in [2.45, 2.75) is 23.6 Å². The molecule has 3 aromatic carbocycles. The molecule has 0 unspecified atom stereocenters. The zero-order chi connectivity index (χ0) is 21.2. The Labute approximate surface area is 175 Å². The molecule has 2 N–H and O–H groups in total. The van der Waals surface area contributed by atoms with Crippen LogP contribution in [0.2, 0.25) is 5.02 Å². The highest BCUT2D eigenvalue weighted by molar-refractivity contribution is 7.93. The first kappa shape index (κ1) is 21.2. The monoisotopic (exact) mass is 450 g/mol. The highest BCUT2D eigenvalue weighted by Crippen LogP contribution is 2.28. The number of nitrogens with one attached hydrogen (secondary N) is 2. The Bertz CT molecular complexity index is 1240. The van der Waals surface area contributed by atoms with Gasteiger partial charge in [-0.25, -0.2) is 16.8 Å². The second-order valence-corrected chi connectivity index (χ2v) is 10.3. The van der Waals surface area contributed by atoms with Crippen molar-refractivity contribution < 1.29 is 16.8 Å². The molecule has 0 aliphatic heterocycles. The Kier molecular flexibility index (Phi) is 5.88. The number of benzene rings is 3. The van der Waals surface area contributed by atoms with E-state index >= 15 is 0 Å². The van der Waals surface area contributed by atoms with Gasteiger partial charge in [-0.1, -0.05) is 35.4 Å². The van der Waals surface area contributed by atoms with Gasteiger partial charge in [0, 0.05) is 5.02 Å². The van der Waals surface area contributed by atoms with Crippen LogP contribution in [0.5, 0.6) is 0 Å². The zero-order valence-corrected chi connectivity index (χ0v) is 18.1. The van der Waals surface area contributed by atoms with Crippen molar-refractivity contribution >= 4 is 43.0 Å². The minimum absolute atomic E-state index is 0.00995. The van der Waals surface area contributed by atoms with Crippen LogP contribution in [0.3, 0.4) is 0 Å². The van der Waals surface area contributed by atoms with Crippen molar-refractivity contribution in [2.24, 2.45) is 0 Å². The summed E-state index contributed by atoms with van der Waals surface area (Å²) in [6.07, 6.45) is 0. The van der Waals surface area contributed by atoms with Crippen LogP contribution in [0.1, 0.15) is 11.1 Å². The fourth-order valence-corrected chi connectivity index (χ4v) is 4.85. The molecule has 0 fully saturated rings. The van der Waals surface area contributed by atoms with Crippen LogP contribution in [0.4, 0.5) is 11.4 Å². The average Bonchev–Trinajstić information content (AvgIpc) is 2.64. The molecule has 9 heteroatoms. The summed E-state index contributed by atoms with van der Waals surface area (Å²) in [5, 5.41) is 0.408. The standard InChI is InChI=1S/C20H19ClN2O4S2/c1-14-3-8-17(9-4-14)28(24,25)22-19-12-5-15(2)13-20(19)23-29(26,27)18-10-6-16(21)7-11-18/h3-13,22-23H,1-2H3. The first-order chi connectivity index (χ1) is 13.6. The minimum atomic E-state index is -3.94. The Morgan fingerprint density at radius 1 is 0.621 bits per heavy atom. The van der Waals surface area contributed by atoms with Gasteiger partial charge in [0.1, 0.15) is 0 Å². The normalized spacial score (nSPS) is 11.8. The van der Waals surface area contributed by atoms with Crippen LogP contribution < -0.4 is 9.44 Å². The molecule has 0 bridgehead atoms. The maximum Gasteiger partial charge on any atom is 0.261 e. The third-order valence-corrected chi connectivity index (χ3v) is 7.13. The SMILES string of the molecule is Cc1ccc(S(=O)(=O)Nc2ccc(C)cc2NS(=O)(=O)c2ccc(Cl)cc2)cc1. The van der Waals surface area contributed by atoms with Crippen LogP contribution in [0, 0.1) is 13.8 Å². The number of rotatable bonds is 6. The summed E-state index contributed by atoms with van der Waals surface area (Å²) in [5.41, 5.74) is 1.93. The molecule has 0 aliphatic carbocycles. The lowest BCUT2D eigenvalue weighted by molar-refractivity contribution is 0.599. The summed E-state index contributed by atoms with van der Waals surface area (Å²) in [7, 11) is -7.83.